The number of hydrogen-bond donors (Lipinski definition) is 1. The molecule has 0 aliphatic rings. The van der Waals surface area contributed by atoms with Crippen LogP contribution in [0.25, 0.3) is 10.9 Å². The second-order valence-corrected chi connectivity index (χ2v) is 5.82. The van der Waals surface area contributed by atoms with Gasteiger partial charge in [0.25, 0.3) is 0 Å². The largest absolute Gasteiger partial charge is 0.312 e. The quantitative estimate of drug-likeness (QED) is 0.777. The van der Waals surface area contributed by atoms with Gasteiger partial charge in [0.05, 0.1) is 17.3 Å². The number of nitrogens with one attached hydrogen (secondary N) is 1. The predicted octanol–water partition coefficient (Wildman–Crippen LogP) is 3.53. The van der Waals surface area contributed by atoms with Gasteiger partial charge in [-0.25, -0.2) is 0 Å². The third-order valence-electron chi connectivity index (χ3n) is 3.77. The van der Waals surface area contributed by atoms with Crippen LogP contribution in [0.15, 0.2) is 41.1 Å². The highest BCUT2D eigenvalue weighted by Gasteiger charge is 2.17. The molecule has 2 aromatic heterocycles. The van der Waals surface area contributed by atoms with Crippen LogP contribution >= 0.6 is 11.3 Å². The van der Waals surface area contributed by atoms with Crippen molar-refractivity contribution in [3.05, 3.63) is 52.3 Å². The third kappa shape index (κ3) is 2.49. The molecular formula is C16H19N3S. The lowest BCUT2D eigenvalue weighted by molar-refractivity contribution is 0.530. The van der Waals surface area contributed by atoms with E-state index in [0.717, 1.165) is 18.5 Å². The van der Waals surface area contributed by atoms with Crippen LogP contribution in [0.4, 0.5) is 0 Å². The molecule has 2 heterocycles. The van der Waals surface area contributed by atoms with Crippen LogP contribution in [-0.2, 0) is 13.5 Å². The summed E-state index contributed by atoms with van der Waals surface area (Å²) in [4.78, 5) is 0. The minimum absolute atomic E-state index is 0.293. The summed E-state index contributed by atoms with van der Waals surface area (Å²) in [5.74, 6) is 0. The molecule has 0 radical (unpaired) electrons. The van der Waals surface area contributed by atoms with Gasteiger partial charge in [0, 0.05) is 12.4 Å². The summed E-state index contributed by atoms with van der Waals surface area (Å²) in [6.07, 6.45) is 2.15. The van der Waals surface area contributed by atoms with Crippen LogP contribution < -0.4 is 5.32 Å². The number of aryl methyl sites for hydroxylation is 2. The second kappa shape index (κ2) is 5.77. The fourth-order valence-corrected chi connectivity index (χ4v) is 3.37. The van der Waals surface area contributed by atoms with Crippen molar-refractivity contribution in [2.75, 3.05) is 7.05 Å². The summed E-state index contributed by atoms with van der Waals surface area (Å²) < 4.78 is 1.97. The van der Waals surface area contributed by atoms with Gasteiger partial charge in [-0.2, -0.15) is 16.4 Å². The van der Waals surface area contributed by atoms with Crippen molar-refractivity contribution in [3.8, 4) is 0 Å². The minimum Gasteiger partial charge on any atom is -0.312 e. The maximum absolute atomic E-state index is 4.72. The molecule has 1 atom stereocenters. The average Bonchev–Trinajstić information content (AvgIpc) is 3.09. The Labute approximate surface area is 123 Å². The number of hydrogen-bond acceptors (Lipinski definition) is 3. The summed E-state index contributed by atoms with van der Waals surface area (Å²) in [7, 11) is 4.03. The normalized spacial score (nSPS) is 12.9. The van der Waals surface area contributed by atoms with Crippen molar-refractivity contribution < 1.29 is 0 Å². The maximum atomic E-state index is 4.72. The Morgan fingerprint density at radius 3 is 2.90 bits per heavy atom. The minimum atomic E-state index is 0.293. The van der Waals surface area contributed by atoms with E-state index >= 15 is 0 Å². The van der Waals surface area contributed by atoms with Gasteiger partial charge in [-0.1, -0.05) is 18.2 Å². The summed E-state index contributed by atoms with van der Waals surface area (Å²) >= 11 is 1.76. The molecule has 0 saturated carbocycles. The van der Waals surface area contributed by atoms with E-state index < -0.39 is 0 Å². The second-order valence-electron chi connectivity index (χ2n) is 5.04. The summed E-state index contributed by atoms with van der Waals surface area (Å²) in [5.41, 5.74) is 3.76. The molecule has 0 saturated heterocycles. The SMILES string of the molecule is CNC(CCc1ccsc1)c1nn(C)c2ccccc12. The highest BCUT2D eigenvalue weighted by Crippen LogP contribution is 2.26. The number of aromatic nitrogens is 2. The van der Waals surface area contributed by atoms with E-state index in [1.54, 1.807) is 11.3 Å². The van der Waals surface area contributed by atoms with E-state index in [0.29, 0.717) is 6.04 Å². The van der Waals surface area contributed by atoms with E-state index in [9.17, 15) is 0 Å². The predicted molar refractivity (Wildman–Crippen MR) is 85.2 cm³/mol. The molecule has 0 spiro atoms. The van der Waals surface area contributed by atoms with Crippen molar-refractivity contribution in [1.29, 1.82) is 0 Å². The monoisotopic (exact) mass is 285 g/mol. The molecule has 0 aliphatic heterocycles. The Bertz CT molecular complexity index is 685. The highest BCUT2D eigenvalue weighted by atomic mass is 32.1. The maximum Gasteiger partial charge on any atom is 0.0872 e. The molecule has 1 N–H and O–H groups in total. The van der Waals surface area contributed by atoms with Gasteiger partial charge in [-0.15, -0.1) is 0 Å². The average molecular weight is 285 g/mol. The summed E-state index contributed by atoms with van der Waals surface area (Å²) in [5, 5.41) is 13.7. The first-order chi connectivity index (χ1) is 9.79. The molecule has 1 aromatic carbocycles. The molecule has 104 valence electrons. The Balaban J connectivity index is 1.87. The van der Waals surface area contributed by atoms with Gasteiger partial charge >= 0.3 is 0 Å². The number of benzene rings is 1. The molecule has 1 unspecified atom stereocenters. The van der Waals surface area contributed by atoms with E-state index in [2.05, 4.69) is 46.4 Å². The molecule has 3 rings (SSSR count). The summed E-state index contributed by atoms with van der Waals surface area (Å²) in [6, 6.07) is 10.9. The van der Waals surface area contributed by atoms with Crippen molar-refractivity contribution in [2.45, 2.75) is 18.9 Å². The standard InChI is InChI=1S/C16H19N3S/c1-17-14(8-7-12-9-10-20-11-12)16-13-5-3-4-6-15(13)19(2)18-16/h3-6,9-11,14,17H,7-8H2,1-2H3. The zero-order valence-electron chi connectivity index (χ0n) is 11.8. The van der Waals surface area contributed by atoms with Gasteiger partial charge in [-0.05, 0) is 48.3 Å². The first-order valence-corrected chi connectivity index (χ1v) is 7.84. The Morgan fingerprint density at radius 1 is 1.30 bits per heavy atom. The van der Waals surface area contributed by atoms with Gasteiger partial charge in [0.2, 0.25) is 0 Å². The van der Waals surface area contributed by atoms with Gasteiger partial charge in [0.15, 0.2) is 0 Å². The molecule has 0 fully saturated rings. The molecule has 0 bridgehead atoms. The Kier molecular flexibility index (Phi) is 3.85. The van der Waals surface area contributed by atoms with Crippen molar-refractivity contribution >= 4 is 22.2 Å². The number of nitrogens with zero attached hydrogens (tertiary/aromatic N) is 2. The summed E-state index contributed by atoms with van der Waals surface area (Å²) in [6.45, 7) is 0. The lowest BCUT2D eigenvalue weighted by Crippen LogP contribution is -2.18. The van der Waals surface area contributed by atoms with Crippen molar-refractivity contribution in [2.24, 2.45) is 7.05 Å². The van der Waals surface area contributed by atoms with Crippen molar-refractivity contribution in [3.63, 3.8) is 0 Å². The van der Waals surface area contributed by atoms with Crippen LogP contribution in [0.3, 0.4) is 0 Å². The van der Waals surface area contributed by atoms with Gasteiger partial charge in [-0.3, -0.25) is 4.68 Å². The van der Waals surface area contributed by atoms with Crippen molar-refractivity contribution in [1.82, 2.24) is 15.1 Å². The first kappa shape index (κ1) is 13.3. The van der Waals surface area contributed by atoms with Gasteiger partial charge in [0.1, 0.15) is 0 Å². The smallest absolute Gasteiger partial charge is 0.0872 e. The number of para-hydroxylation sites is 1. The van der Waals surface area contributed by atoms with Crippen LogP contribution in [-0.4, -0.2) is 16.8 Å². The fraction of sp³-hybridized carbons (Fsp3) is 0.312. The van der Waals surface area contributed by atoms with Crippen LogP contribution in [0.5, 0.6) is 0 Å². The third-order valence-corrected chi connectivity index (χ3v) is 4.50. The molecule has 4 heteroatoms. The highest BCUT2D eigenvalue weighted by molar-refractivity contribution is 7.07. The fourth-order valence-electron chi connectivity index (χ4n) is 2.66. The number of rotatable bonds is 5. The Hall–Kier alpha value is -1.65. The van der Waals surface area contributed by atoms with E-state index in [1.165, 1.54) is 16.5 Å². The molecule has 0 aliphatic carbocycles. The lowest BCUT2D eigenvalue weighted by Gasteiger charge is -2.13. The number of fused-ring (bicyclic) bond motifs is 1. The molecule has 3 aromatic rings. The zero-order chi connectivity index (χ0) is 13.9. The molecule has 0 amide bonds. The van der Waals surface area contributed by atoms with E-state index in [4.69, 9.17) is 5.10 Å². The van der Waals surface area contributed by atoms with Crippen LogP contribution in [0, 0.1) is 0 Å². The topological polar surface area (TPSA) is 29.9 Å². The van der Waals surface area contributed by atoms with Gasteiger partial charge < -0.3 is 5.32 Å². The zero-order valence-corrected chi connectivity index (χ0v) is 12.7. The van der Waals surface area contributed by atoms with E-state index in [-0.39, 0.29) is 0 Å². The van der Waals surface area contributed by atoms with Crippen LogP contribution in [0.1, 0.15) is 23.7 Å². The van der Waals surface area contributed by atoms with E-state index in [1.807, 2.05) is 18.8 Å². The molecular weight excluding hydrogens is 266 g/mol. The molecule has 20 heavy (non-hydrogen) atoms. The first-order valence-electron chi connectivity index (χ1n) is 6.89. The van der Waals surface area contributed by atoms with Crippen LogP contribution in [0.2, 0.25) is 0 Å². The molecule has 3 nitrogen and oxygen atoms in total. The Morgan fingerprint density at radius 2 is 2.15 bits per heavy atom. The number of thiophene rings is 1. The lowest BCUT2D eigenvalue weighted by atomic mass is 10.0.